The molecule has 6 nitrogen and oxygen atoms in total. The van der Waals surface area contributed by atoms with E-state index in [1.165, 1.54) is 13.2 Å². The van der Waals surface area contributed by atoms with Gasteiger partial charge in [0.25, 0.3) is 5.91 Å². The molecular formula is C16H22FN2O4+. The molecular weight excluding hydrogens is 303 g/mol. The zero-order valence-electron chi connectivity index (χ0n) is 13.4. The van der Waals surface area contributed by atoms with Gasteiger partial charge in [0, 0.05) is 11.6 Å². The number of hydrogen-bond acceptors (Lipinski definition) is 4. The van der Waals surface area contributed by atoms with Gasteiger partial charge in [-0.05, 0) is 19.1 Å². The minimum Gasteiger partial charge on any atom is -0.497 e. The van der Waals surface area contributed by atoms with Crippen molar-refractivity contribution < 1.29 is 28.4 Å². The topological polar surface area (TPSA) is 69.1 Å². The molecule has 2 rings (SSSR count). The average Bonchev–Trinajstić information content (AvgIpc) is 2.52. The minimum absolute atomic E-state index is 0.00716. The van der Waals surface area contributed by atoms with Crippen molar-refractivity contribution in [2.24, 2.45) is 0 Å². The van der Waals surface area contributed by atoms with Crippen LogP contribution in [0.4, 0.5) is 4.39 Å². The molecule has 2 atom stereocenters. The van der Waals surface area contributed by atoms with Crippen LogP contribution in [0.2, 0.25) is 0 Å². The molecule has 2 N–H and O–H groups in total. The van der Waals surface area contributed by atoms with Gasteiger partial charge in [-0.1, -0.05) is 0 Å². The smallest absolute Gasteiger partial charge is 0.312 e. The second-order valence-corrected chi connectivity index (χ2v) is 5.40. The Morgan fingerprint density at radius 3 is 2.91 bits per heavy atom. The molecule has 126 valence electrons. The van der Waals surface area contributed by atoms with Gasteiger partial charge in [-0.15, -0.1) is 0 Å². The number of carbonyl (C=O) groups excluding carboxylic acids is 2. The number of piperazine rings is 1. The molecule has 23 heavy (non-hydrogen) atoms. The number of quaternary nitrogens is 1. The maximum Gasteiger partial charge on any atom is 0.312 e. The molecule has 1 heterocycles. The van der Waals surface area contributed by atoms with Crippen LogP contribution in [0.5, 0.6) is 5.75 Å². The Balaban J connectivity index is 2.11. The molecule has 2 unspecified atom stereocenters. The number of nitrogens with one attached hydrogen (secondary N) is 2. The van der Waals surface area contributed by atoms with E-state index in [-0.39, 0.29) is 24.8 Å². The van der Waals surface area contributed by atoms with Crippen LogP contribution >= 0.6 is 0 Å². The summed E-state index contributed by atoms with van der Waals surface area (Å²) in [6, 6.07) is 4.08. The quantitative estimate of drug-likeness (QED) is 0.703. The highest BCUT2D eigenvalue weighted by atomic mass is 19.1. The van der Waals surface area contributed by atoms with Crippen LogP contribution in [0.3, 0.4) is 0 Å². The summed E-state index contributed by atoms with van der Waals surface area (Å²) in [6.45, 7) is 3.45. The van der Waals surface area contributed by atoms with Gasteiger partial charge in [0.05, 0.1) is 26.8 Å². The lowest BCUT2D eigenvalue weighted by Gasteiger charge is -2.31. The van der Waals surface area contributed by atoms with Crippen LogP contribution in [-0.4, -0.2) is 44.7 Å². The number of ether oxygens (including phenoxy) is 2. The van der Waals surface area contributed by atoms with Gasteiger partial charge in [-0.25, -0.2) is 4.39 Å². The molecule has 1 aromatic carbocycles. The van der Waals surface area contributed by atoms with Crippen molar-refractivity contribution in [2.75, 3.05) is 26.8 Å². The summed E-state index contributed by atoms with van der Waals surface area (Å²) in [5, 5.41) is 2.75. The predicted molar refractivity (Wildman–Crippen MR) is 80.5 cm³/mol. The fourth-order valence-electron chi connectivity index (χ4n) is 2.71. The van der Waals surface area contributed by atoms with Gasteiger partial charge in [0.2, 0.25) is 0 Å². The van der Waals surface area contributed by atoms with Gasteiger partial charge in [-0.2, -0.15) is 0 Å². The van der Waals surface area contributed by atoms with Crippen molar-refractivity contribution >= 4 is 11.9 Å². The first-order valence-corrected chi connectivity index (χ1v) is 7.65. The summed E-state index contributed by atoms with van der Waals surface area (Å²) in [7, 11) is 1.48. The van der Waals surface area contributed by atoms with E-state index in [2.05, 4.69) is 5.32 Å². The molecule has 1 fully saturated rings. The molecule has 0 aliphatic carbocycles. The largest absolute Gasteiger partial charge is 0.497 e. The van der Waals surface area contributed by atoms with Crippen molar-refractivity contribution in [3.8, 4) is 5.75 Å². The van der Waals surface area contributed by atoms with Crippen molar-refractivity contribution in [3.63, 3.8) is 0 Å². The highest BCUT2D eigenvalue weighted by Gasteiger charge is 2.36. The molecule has 1 saturated heterocycles. The first-order chi connectivity index (χ1) is 11.0. The van der Waals surface area contributed by atoms with Crippen molar-refractivity contribution in [1.82, 2.24) is 5.32 Å². The SMILES string of the molecule is CCOC(=O)CC1C(=O)NCC[NH+]1Cc1ccc(OC)cc1F. The Morgan fingerprint density at radius 1 is 1.48 bits per heavy atom. The second kappa shape index (κ2) is 7.92. The number of esters is 1. The molecule has 0 radical (unpaired) electrons. The normalized spacial score (nSPS) is 20.7. The van der Waals surface area contributed by atoms with Gasteiger partial charge in [-0.3, -0.25) is 9.59 Å². The number of carbonyl (C=O) groups is 2. The van der Waals surface area contributed by atoms with E-state index in [1.54, 1.807) is 19.1 Å². The Labute approximate surface area is 134 Å². The van der Waals surface area contributed by atoms with Gasteiger partial charge in [0.1, 0.15) is 24.5 Å². The lowest BCUT2D eigenvalue weighted by molar-refractivity contribution is -0.930. The summed E-state index contributed by atoms with van der Waals surface area (Å²) in [6.07, 6.45) is -0.00716. The van der Waals surface area contributed by atoms with E-state index in [9.17, 15) is 14.0 Å². The molecule has 1 amide bonds. The fraction of sp³-hybridized carbons (Fsp3) is 0.500. The standard InChI is InChI=1S/C16H21FN2O4/c1-3-23-15(20)9-14-16(21)18-6-7-19(14)10-11-4-5-12(22-2)8-13(11)17/h4-5,8,14H,3,6-7,9-10H2,1-2H3,(H,18,21)/p+1. The van der Waals surface area contributed by atoms with Crippen molar-refractivity contribution in [2.45, 2.75) is 25.9 Å². The lowest BCUT2D eigenvalue weighted by atomic mass is 10.1. The summed E-state index contributed by atoms with van der Waals surface area (Å²) < 4.78 is 24.0. The van der Waals surface area contributed by atoms with Gasteiger partial charge < -0.3 is 19.7 Å². The van der Waals surface area contributed by atoms with Crippen LogP contribution in [-0.2, 0) is 20.9 Å². The molecule has 7 heteroatoms. The number of amides is 1. The zero-order chi connectivity index (χ0) is 16.8. The van der Waals surface area contributed by atoms with Crippen molar-refractivity contribution in [3.05, 3.63) is 29.6 Å². The van der Waals surface area contributed by atoms with Crippen LogP contribution in [0.1, 0.15) is 18.9 Å². The molecule has 0 spiro atoms. The van der Waals surface area contributed by atoms with E-state index < -0.39 is 12.0 Å². The van der Waals surface area contributed by atoms with E-state index in [0.29, 0.717) is 30.9 Å². The number of methoxy groups -OCH3 is 1. The molecule has 1 aliphatic rings. The van der Waals surface area contributed by atoms with Crippen LogP contribution in [0.25, 0.3) is 0 Å². The number of halogens is 1. The fourth-order valence-corrected chi connectivity index (χ4v) is 2.71. The summed E-state index contributed by atoms with van der Waals surface area (Å²) in [4.78, 5) is 24.6. The van der Waals surface area contributed by atoms with Gasteiger partial charge >= 0.3 is 5.97 Å². The molecule has 0 saturated carbocycles. The van der Waals surface area contributed by atoms with Crippen LogP contribution in [0, 0.1) is 5.82 Å². The Bertz CT molecular complexity index is 579. The molecule has 1 aromatic rings. The summed E-state index contributed by atoms with van der Waals surface area (Å²) in [5.74, 6) is -0.547. The molecule has 0 aromatic heterocycles. The van der Waals surface area contributed by atoms with Crippen LogP contribution < -0.4 is 15.0 Å². The lowest BCUT2D eigenvalue weighted by Crippen LogP contribution is -3.18. The number of benzene rings is 1. The summed E-state index contributed by atoms with van der Waals surface area (Å²) in [5.41, 5.74) is 0.490. The Morgan fingerprint density at radius 2 is 2.26 bits per heavy atom. The Kier molecular flexibility index (Phi) is 5.92. The van der Waals surface area contributed by atoms with E-state index >= 15 is 0 Å². The first kappa shape index (κ1) is 17.2. The highest BCUT2D eigenvalue weighted by Crippen LogP contribution is 2.15. The van der Waals surface area contributed by atoms with E-state index in [0.717, 1.165) is 4.90 Å². The molecule has 1 aliphatic heterocycles. The molecule has 0 bridgehead atoms. The van der Waals surface area contributed by atoms with Crippen LogP contribution in [0.15, 0.2) is 18.2 Å². The first-order valence-electron chi connectivity index (χ1n) is 7.65. The number of rotatable bonds is 6. The third-order valence-electron chi connectivity index (χ3n) is 3.91. The summed E-state index contributed by atoms with van der Waals surface area (Å²) >= 11 is 0. The maximum absolute atomic E-state index is 14.1. The zero-order valence-corrected chi connectivity index (χ0v) is 13.4. The minimum atomic E-state index is -0.565. The third kappa shape index (κ3) is 4.41. The highest BCUT2D eigenvalue weighted by molar-refractivity contribution is 5.85. The predicted octanol–water partition coefficient (Wildman–Crippen LogP) is -0.329. The third-order valence-corrected chi connectivity index (χ3v) is 3.91. The van der Waals surface area contributed by atoms with Gasteiger partial charge in [0.15, 0.2) is 6.04 Å². The van der Waals surface area contributed by atoms with E-state index in [4.69, 9.17) is 9.47 Å². The second-order valence-electron chi connectivity index (χ2n) is 5.40. The van der Waals surface area contributed by atoms with E-state index in [1.807, 2.05) is 0 Å². The monoisotopic (exact) mass is 325 g/mol. The average molecular weight is 325 g/mol. The Hall–Kier alpha value is -2.15. The number of hydrogen-bond donors (Lipinski definition) is 2. The maximum atomic E-state index is 14.1. The van der Waals surface area contributed by atoms with Crippen molar-refractivity contribution in [1.29, 1.82) is 0 Å².